The lowest BCUT2D eigenvalue weighted by Gasteiger charge is -2.31. The smallest absolute Gasteiger partial charge is 0.191 e. The summed E-state index contributed by atoms with van der Waals surface area (Å²) in [6.45, 7) is 11.0. The summed E-state index contributed by atoms with van der Waals surface area (Å²) in [4.78, 5) is 7.20. The fourth-order valence-corrected chi connectivity index (χ4v) is 4.10. The highest BCUT2D eigenvalue weighted by Crippen LogP contribution is 2.16. The SMILES string of the molecule is CCNC(=NCCCOC1CCN(Cc2ccccc2)CC1)NCCCOC1CCOC1. The number of nitrogens with zero attached hydrogens (tertiary/aromatic N) is 2. The molecule has 3 rings (SSSR count). The number of nitrogens with one attached hydrogen (secondary N) is 2. The van der Waals surface area contributed by atoms with Gasteiger partial charge >= 0.3 is 0 Å². The number of ether oxygens (including phenoxy) is 3. The van der Waals surface area contributed by atoms with E-state index in [1.165, 1.54) is 5.56 Å². The molecular formula is C25H42N4O3. The van der Waals surface area contributed by atoms with Crippen LogP contribution in [0.5, 0.6) is 0 Å². The maximum atomic E-state index is 6.12. The van der Waals surface area contributed by atoms with Gasteiger partial charge in [0.1, 0.15) is 0 Å². The molecule has 7 nitrogen and oxygen atoms in total. The van der Waals surface area contributed by atoms with Gasteiger partial charge in [-0.3, -0.25) is 9.89 Å². The number of rotatable bonds is 13. The number of benzene rings is 1. The number of guanidine groups is 1. The molecule has 32 heavy (non-hydrogen) atoms. The number of hydrogen-bond acceptors (Lipinski definition) is 5. The van der Waals surface area contributed by atoms with Crippen LogP contribution in [0.2, 0.25) is 0 Å². The molecule has 2 heterocycles. The predicted octanol–water partition coefficient (Wildman–Crippen LogP) is 2.81. The first-order chi connectivity index (χ1) is 15.8. The number of hydrogen-bond donors (Lipinski definition) is 2. The number of piperidine rings is 1. The van der Waals surface area contributed by atoms with Crippen LogP contribution in [0.4, 0.5) is 0 Å². The van der Waals surface area contributed by atoms with Gasteiger partial charge in [0.25, 0.3) is 0 Å². The van der Waals surface area contributed by atoms with Crippen LogP contribution >= 0.6 is 0 Å². The number of likely N-dealkylation sites (tertiary alicyclic amines) is 1. The molecule has 0 saturated carbocycles. The molecule has 0 bridgehead atoms. The van der Waals surface area contributed by atoms with Crippen molar-refractivity contribution in [1.82, 2.24) is 15.5 Å². The molecule has 180 valence electrons. The van der Waals surface area contributed by atoms with Crippen molar-refractivity contribution in [3.63, 3.8) is 0 Å². The van der Waals surface area contributed by atoms with Crippen LogP contribution in [0.25, 0.3) is 0 Å². The van der Waals surface area contributed by atoms with Gasteiger partial charge in [0.2, 0.25) is 0 Å². The number of aliphatic imine (C=N–C) groups is 1. The zero-order chi connectivity index (χ0) is 22.3. The zero-order valence-corrected chi connectivity index (χ0v) is 19.8. The Labute approximate surface area is 193 Å². The lowest BCUT2D eigenvalue weighted by molar-refractivity contribution is 0.00566. The molecule has 7 heteroatoms. The average molecular weight is 447 g/mol. The Hall–Kier alpha value is -1.67. The lowest BCUT2D eigenvalue weighted by Crippen LogP contribution is -2.38. The third-order valence-corrected chi connectivity index (χ3v) is 5.91. The molecule has 0 amide bonds. The van der Waals surface area contributed by atoms with Gasteiger partial charge < -0.3 is 24.8 Å². The molecule has 2 saturated heterocycles. The summed E-state index contributed by atoms with van der Waals surface area (Å²) in [5, 5.41) is 6.70. The van der Waals surface area contributed by atoms with Gasteiger partial charge in [0, 0.05) is 59.1 Å². The van der Waals surface area contributed by atoms with E-state index in [1.54, 1.807) is 0 Å². The van der Waals surface area contributed by atoms with Crippen molar-refractivity contribution in [3.8, 4) is 0 Å². The summed E-state index contributed by atoms with van der Waals surface area (Å²) in [6, 6.07) is 10.7. The molecule has 1 aromatic carbocycles. The minimum Gasteiger partial charge on any atom is -0.379 e. The molecule has 0 spiro atoms. The molecule has 2 aliphatic rings. The van der Waals surface area contributed by atoms with E-state index in [2.05, 4.69) is 57.8 Å². The molecule has 0 radical (unpaired) electrons. The Balaban J connectivity index is 1.21. The first-order valence-corrected chi connectivity index (χ1v) is 12.4. The van der Waals surface area contributed by atoms with Gasteiger partial charge in [0.05, 0.1) is 18.8 Å². The van der Waals surface area contributed by atoms with Crippen molar-refractivity contribution in [2.75, 3.05) is 59.2 Å². The van der Waals surface area contributed by atoms with E-state index in [4.69, 9.17) is 14.2 Å². The molecule has 1 aromatic rings. The summed E-state index contributed by atoms with van der Waals surface area (Å²) in [5.41, 5.74) is 1.39. The van der Waals surface area contributed by atoms with Crippen LogP contribution in [0.15, 0.2) is 35.3 Å². The molecular weight excluding hydrogens is 404 g/mol. The highest BCUT2D eigenvalue weighted by atomic mass is 16.5. The molecule has 1 atom stereocenters. The Bertz CT molecular complexity index is 629. The van der Waals surface area contributed by atoms with Crippen LogP contribution in [-0.4, -0.2) is 82.2 Å². The standard InChI is InChI=1S/C25H42N4O3/c1-2-26-25(28-14-7-18-32-24-12-19-30-21-24)27-13-6-17-31-23-10-15-29(16-11-23)20-22-8-4-3-5-9-22/h3-5,8-9,23-24H,2,6-7,10-21H2,1H3,(H2,26,27,28). The highest BCUT2D eigenvalue weighted by Gasteiger charge is 2.19. The summed E-state index contributed by atoms with van der Waals surface area (Å²) in [6.07, 6.45) is 5.85. The maximum Gasteiger partial charge on any atom is 0.191 e. The molecule has 2 fully saturated rings. The van der Waals surface area contributed by atoms with Gasteiger partial charge in [-0.2, -0.15) is 0 Å². The fourth-order valence-electron chi connectivity index (χ4n) is 4.10. The summed E-state index contributed by atoms with van der Waals surface area (Å²) < 4.78 is 17.3. The molecule has 2 N–H and O–H groups in total. The third-order valence-electron chi connectivity index (χ3n) is 5.91. The second-order valence-corrected chi connectivity index (χ2v) is 8.58. The van der Waals surface area contributed by atoms with Crippen LogP contribution in [0.3, 0.4) is 0 Å². The minimum absolute atomic E-state index is 0.285. The quantitative estimate of drug-likeness (QED) is 0.276. The molecule has 0 aliphatic carbocycles. The third kappa shape index (κ3) is 9.86. The second kappa shape index (κ2) is 15.2. The summed E-state index contributed by atoms with van der Waals surface area (Å²) >= 11 is 0. The largest absolute Gasteiger partial charge is 0.379 e. The molecule has 1 unspecified atom stereocenters. The second-order valence-electron chi connectivity index (χ2n) is 8.58. The van der Waals surface area contributed by atoms with Crippen molar-refractivity contribution in [1.29, 1.82) is 0 Å². The van der Waals surface area contributed by atoms with E-state index in [1.807, 2.05) is 0 Å². The van der Waals surface area contributed by atoms with Crippen molar-refractivity contribution in [3.05, 3.63) is 35.9 Å². The summed E-state index contributed by atoms with van der Waals surface area (Å²) in [5.74, 6) is 0.880. The van der Waals surface area contributed by atoms with E-state index < -0.39 is 0 Å². The van der Waals surface area contributed by atoms with Crippen LogP contribution in [0.1, 0.15) is 44.6 Å². The van der Waals surface area contributed by atoms with Gasteiger partial charge in [-0.15, -0.1) is 0 Å². The highest BCUT2D eigenvalue weighted by molar-refractivity contribution is 5.79. The van der Waals surface area contributed by atoms with E-state index >= 15 is 0 Å². The van der Waals surface area contributed by atoms with Crippen molar-refractivity contribution in [2.24, 2.45) is 4.99 Å². The van der Waals surface area contributed by atoms with Gasteiger partial charge in [-0.25, -0.2) is 0 Å². The fraction of sp³-hybridized carbons (Fsp3) is 0.720. The Morgan fingerprint density at radius 2 is 1.81 bits per heavy atom. The van der Waals surface area contributed by atoms with E-state index in [9.17, 15) is 0 Å². The van der Waals surface area contributed by atoms with Crippen LogP contribution < -0.4 is 10.6 Å². The first-order valence-electron chi connectivity index (χ1n) is 12.4. The van der Waals surface area contributed by atoms with Gasteiger partial charge in [-0.05, 0) is 44.6 Å². The Morgan fingerprint density at radius 1 is 1.03 bits per heavy atom. The zero-order valence-electron chi connectivity index (χ0n) is 19.8. The van der Waals surface area contributed by atoms with E-state index in [-0.39, 0.29) is 6.10 Å². The van der Waals surface area contributed by atoms with Gasteiger partial charge in [-0.1, -0.05) is 30.3 Å². The van der Waals surface area contributed by atoms with Crippen molar-refractivity contribution in [2.45, 2.75) is 57.8 Å². The maximum absolute atomic E-state index is 6.12. The summed E-state index contributed by atoms with van der Waals surface area (Å²) in [7, 11) is 0. The van der Waals surface area contributed by atoms with E-state index in [0.717, 1.165) is 104 Å². The lowest BCUT2D eigenvalue weighted by atomic mass is 10.1. The van der Waals surface area contributed by atoms with Crippen LogP contribution in [-0.2, 0) is 20.8 Å². The Kier molecular flexibility index (Phi) is 11.9. The molecule has 2 aliphatic heterocycles. The van der Waals surface area contributed by atoms with Gasteiger partial charge in [0.15, 0.2) is 5.96 Å². The monoisotopic (exact) mass is 446 g/mol. The first kappa shape index (κ1) is 25.0. The topological polar surface area (TPSA) is 67.4 Å². The minimum atomic E-state index is 0.285. The van der Waals surface area contributed by atoms with Crippen molar-refractivity contribution >= 4 is 5.96 Å². The van der Waals surface area contributed by atoms with Crippen molar-refractivity contribution < 1.29 is 14.2 Å². The average Bonchev–Trinajstić information content (AvgIpc) is 3.34. The van der Waals surface area contributed by atoms with Crippen LogP contribution in [0, 0.1) is 0 Å². The normalized spacial score (nSPS) is 20.5. The molecule has 0 aromatic heterocycles. The predicted molar refractivity (Wildman–Crippen MR) is 129 cm³/mol. The van der Waals surface area contributed by atoms with E-state index in [0.29, 0.717) is 6.10 Å². The Morgan fingerprint density at radius 3 is 2.56 bits per heavy atom.